The molecule has 2 aromatic heterocycles. The van der Waals surface area contributed by atoms with Crippen LogP contribution >= 0.6 is 0 Å². The van der Waals surface area contributed by atoms with Crippen molar-refractivity contribution in [2.75, 3.05) is 5.01 Å². The van der Waals surface area contributed by atoms with Crippen molar-refractivity contribution in [3.63, 3.8) is 0 Å². The lowest BCUT2D eigenvalue weighted by molar-refractivity contribution is 0.546. The van der Waals surface area contributed by atoms with Gasteiger partial charge in [-0.05, 0) is 36.3 Å². The van der Waals surface area contributed by atoms with Gasteiger partial charge in [0.05, 0.1) is 11.7 Å². The number of hydrogen-bond acceptors (Lipinski definition) is 4. The number of para-hydroxylation sites is 1. The van der Waals surface area contributed by atoms with Crippen LogP contribution in [0, 0.1) is 0 Å². The molecule has 0 saturated carbocycles. The van der Waals surface area contributed by atoms with Gasteiger partial charge in [0.15, 0.2) is 0 Å². The Bertz CT molecular complexity index is 1350. The van der Waals surface area contributed by atoms with Crippen LogP contribution in [0.25, 0.3) is 34.1 Å². The van der Waals surface area contributed by atoms with E-state index in [-0.39, 0.29) is 12.0 Å². The van der Waals surface area contributed by atoms with Crippen molar-refractivity contribution in [1.82, 2.24) is 0 Å². The molecule has 2 aromatic carbocycles. The van der Waals surface area contributed by atoms with Crippen LogP contribution in [-0.4, -0.2) is 6.04 Å². The van der Waals surface area contributed by atoms with Gasteiger partial charge < -0.3 is 13.8 Å². The molecule has 4 aromatic rings. The summed E-state index contributed by atoms with van der Waals surface area (Å²) in [7, 11) is 0. The Kier molecular flexibility index (Phi) is 2.62. The molecule has 136 valence electrons. The van der Waals surface area contributed by atoms with Crippen LogP contribution in [-0.2, 0) is 6.42 Å². The average Bonchev–Trinajstić information content (AvgIpc) is 3.37. The number of rotatable bonds is 0. The first kappa shape index (κ1) is 14.8. The minimum absolute atomic E-state index is 0.0965. The van der Waals surface area contributed by atoms with Crippen molar-refractivity contribution < 1.29 is 8.83 Å². The predicted octanol–water partition coefficient (Wildman–Crippen LogP) is 5.36. The van der Waals surface area contributed by atoms with Crippen LogP contribution in [0.1, 0.15) is 40.5 Å². The maximum atomic E-state index is 6.50. The summed E-state index contributed by atoms with van der Waals surface area (Å²) in [5.41, 5.74) is 6.64. The summed E-state index contributed by atoms with van der Waals surface area (Å²) in [6.45, 7) is 0. The Labute approximate surface area is 161 Å². The molecule has 7 rings (SSSR count). The van der Waals surface area contributed by atoms with Gasteiger partial charge in [0.2, 0.25) is 0 Å². The second-order valence-corrected chi connectivity index (χ2v) is 7.87. The molecular formula is C24H18N2O2. The lowest BCUT2D eigenvalue weighted by Gasteiger charge is -2.26. The Morgan fingerprint density at radius 2 is 1.82 bits per heavy atom. The molecule has 0 spiro atoms. The quantitative estimate of drug-likeness (QED) is 0.426. The van der Waals surface area contributed by atoms with Crippen molar-refractivity contribution in [2.45, 2.75) is 24.8 Å². The third-order valence-corrected chi connectivity index (χ3v) is 6.48. The van der Waals surface area contributed by atoms with Gasteiger partial charge in [-0.2, -0.15) is 0 Å². The summed E-state index contributed by atoms with van der Waals surface area (Å²) < 4.78 is 12.5. The molecule has 3 aliphatic rings. The number of furan rings is 2. The largest absolute Gasteiger partial charge is 0.460 e. The van der Waals surface area contributed by atoms with Crippen LogP contribution in [0.15, 0.2) is 57.4 Å². The van der Waals surface area contributed by atoms with Gasteiger partial charge in [0, 0.05) is 34.2 Å². The van der Waals surface area contributed by atoms with Gasteiger partial charge in [-0.3, -0.25) is 0 Å². The molecule has 2 aliphatic carbocycles. The molecule has 4 heteroatoms. The molecular weight excluding hydrogens is 348 g/mol. The van der Waals surface area contributed by atoms with Crippen molar-refractivity contribution in [1.29, 1.82) is 0 Å². The minimum atomic E-state index is 0.0965. The van der Waals surface area contributed by atoms with Crippen molar-refractivity contribution in [3.05, 3.63) is 76.8 Å². The van der Waals surface area contributed by atoms with Crippen molar-refractivity contribution in [2.24, 2.45) is 5.84 Å². The average molecular weight is 366 g/mol. The Hall–Kier alpha value is -3.24. The smallest absolute Gasteiger partial charge is 0.136 e. The van der Waals surface area contributed by atoms with Gasteiger partial charge in [0.25, 0.3) is 0 Å². The SMILES string of the molecule is NN1c2ccccc2C2c3c(oc4ccc5oc6c(c5c34)C=CCC6)C=CC21. The molecule has 4 nitrogen and oxygen atoms in total. The molecule has 0 amide bonds. The number of benzene rings is 2. The molecule has 2 N–H and O–H groups in total. The predicted molar refractivity (Wildman–Crippen MR) is 111 cm³/mol. The molecule has 0 fully saturated rings. The van der Waals surface area contributed by atoms with Crippen LogP contribution in [0.5, 0.6) is 0 Å². The van der Waals surface area contributed by atoms with E-state index in [4.69, 9.17) is 14.7 Å². The first-order valence-electron chi connectivity index (χ1n) is 9.79. The van der Waals surface area contributed by atoms with Gasteiger partial charge in [-0.25, -0.2) is 5.84 Å². The number of aryl methyl sites for hydroxylation is 1. The third kappa shape index (κ3) is 1.65. The zero-order chi connectivity index (χ0) is 18.4. The van der Waals surface area contributed by atoms with Crippen molar-refractivity contribution >= 4 is 39.8 Å². The molecule has 2 unspecified atom stereocenters. The Balaban J connectivity index is 1.62. The molecule has 0 bridgehead atoms. The van der Waals surface area contributed by atoms with Gasteiger partial charge in [0.1, 0.15) is 22.7 Å². The standard InChI is InChI=1S/C24H18N2O2/c25-26-15-7-3-1-5-13(15)21-16(26)9-10-19-23(21)24-20(28-19)12-11-18-22(24)14-6-2-4-8-17(14)27-18/h1-3,5-7,9-12,16,21H,4,8,25H2. The second-order valence-electron chi connectivity index (χ2n) is 7.87. The fraction of sp³-hybridized carbons (Fsp3) is 0.167. The highest BCUT2D eigenvalue weighted by molar-refractivity contribution is 6.12. The van der Waals surface area contributed by atoms with E-state index in [1.54, 1.807) is 0 Å². The highest BCUT2D eigenvalue weighted by Crippen LogP contribution is 2.52. The normalized spacial score (nSPS) is 21.8. The van der Waals surface area contributed by atoms with Crippen molar-refractivity contribution in [3.8, 4) is 0 Å². The number of hydrazine groups is 1. The summed E-state index contributed by atoms with van der Waals surface area (Å²) in [4.78, 5) is 0. The maximum absolute atomic E-state index is 6.50. The van der Waals surface area contributed by atoms with Crippen LogP contribution < -0.4 is 10.9 Å². The minimum Gasteiger partial charge on any atom is -0.460 e. The number of fused-ring (bicyclic) bond motifs is 11. The van der Waals surface area contributed by atoms with E-state index in [0.717, 1.165) is 41.2 Å². The van der Waals surface area contributed by atoms with Gasteiger partial charge in [-0.1, -0.05) is 36.4 Å². The summed E-state index contributed by atoms with van der Waals surface area (Å²) in [5, 5.41) is 4.24. The van der Waals surface area contributed by atoms with E-state index in [1.165, 1.54) is 27.5 Å². The lowest BCUT2D eigenvalue weighted by Crippen LogP contribution is -2.39. The zero-order valence-electron chi connectivity index (χ0n) is 15.2. The Morgan fingerprint density at radius 1 is 0.964 bits per heavy atom. The van der Waals surface area contributed by atoms with E-state index < -0.39 is 0 Å². The second kappa shape index (κ2) is 4.97. The topological polar surface area (TPSA) is 55.5 Å². The van der Waals surface area contributed by atoms with Gasteiger partial charge >= 0.3 is 0 Å². The molecule has 3 heterocycles. The highest BCUT2D eigenvalue weighted by atomic mass is 16.3. The molecule has 2 atom stereocenters. The molecule has 0 saturated heterocycles. The molecule has 28 heavy (non-hydrogen) atoms. The number of hydrogen-bond donors (Lipinski definition) is 1. The maximum Gasteiger partial charge on any atom is 0.136 e. The monoisotopic (exact) mass is 366 g/mol. The van der Waals surface area contributed by atoms with E-state index in [0.29, 0.717) is 0 Å². The van der Waals surface area contributed by atoms with Crippen LogP contribution in [0.4, 0.5) is 5.69 Å². The fourth-order valence-electron chi connectivity index (χ4n) is 5.31. The first-order chi connectivity index (χ1) is 13.8. The van der Waals surface area contributed by atoms with E-state index in [2.05, 4.69) is 42.5 Å². The van der Waals surface area contributed by atoms with E-state index in [1.807, 2.05) is 23.2 Å². The number of nitrogens with zero attached hydrogens (tertiary/aromatic N) is 1. The Morgan fingerprint density at radius 3 is 2.75 bits per heavy atom. The summed E-state index contributed by atoms with van der Waals surface area (Å²) in [6, 6.07) is 12.6. The van der Waals surface area contributed by atoms with Crippen LogP contribution in [0.3, 0.4) is 0 Å². The summed E-state index contributed by atoms with van der Waals surface area (Å²) in [6.07, 6.45) is 10.7. The third-order valence-electron chi connectivity index (χ3n) is 6.48. The van der Waals surface area contributed by atoms with E-state index >= 15 is 0 Å². The lowest BCUT2D eigenvalue weighted by atomic mass is 9.82. The first-order valence-corrected chi connectivity index (χ1v) is 9.79. The van der Waals surface area contributed by atoms with E-state index in [9.17, 15) is 0 Å². The molecule has 0 radical (unpaired) electrons. The number of anilines is 1. The number of nitrogens with two attached hydrogens (primary N) is 1. The summed E-state index contributed by atoms with van der Waals surface area (Å²) >= 11 is 0. The van der Waals surface area contributed by atoms with Crippen LogP contribution in [0.2, 0.25) is 0 Å². The fourth-order valence-corrected chi connectivity index (χ4v) is 5.31. The van der Waals surface area contributed by atoms with Gasteiger partial charge in [-0.15, -0.1) is 0 Å². The molecule has 1 aliphatic heterocycles. The summed E-state index contributed by atoms with van der Waals surface area (Å²) in [5.74, 6) is 8.67. The number of allylic oxidation sites excluding steroid dienone is 1. The highest BCUT2D eigenvalue weighted by Gasteiger charge is 2.42. The zero-order valence-corrected chi connectivity index (χ0v) is 15.2.